The zero-order chi connectivity index (χ0) is 16.2. The minimum absolute atomic E-state index is 0.0929. The Morgan fingerprint density at radius 1 is 1.22 bits per heavy atom. The molecule has 4 nitrogen and oxygen atoms in total. The van der Waals surface area contributed by atoms with E-state index in [0.29, 0.717) is 23.2 Å². The molecule has 1 aromatic heterocycles. The standard InChI is InChI=1S/C18H19ClN2O2/c1-2-21-16-11-17(14(19)10-15(16)20-18(21)12-22)23-9-8-13-6-4-3-5-7-13/h3-7,10-11,22H,2,8-9,12H2,1H3. The van der Waals surface area contributed by atoms with Crippen LogP contribution in [0.4, 0.5) is 0 Å². The number of nitrogens with zero attached hydrogens (tertiary/aromatic N) is 2. The number of imidazole rings is 1. The number of aryl methyl sites for hydroxylation is 1. The minimum atomic E-state index is -0.0929. The first-order valence-electron chi connectivity index (χ1n) is 7.69. The average Bonchev–Trinajstić information content (AvgIpc) is 2.92. The van der Waals surface area contributed by atoms with Gasteiger partial charge in [0.25, 0.3) is 0 Å². The maximum atomic E-state index is 9.41. The quantitative estimate of drug-likeness (QED) is 0.747. The molecule has 0 saturated carbocycles. The van der Waals surface area contributed by atoms with Crippen molar-refractivity contribution in [3.05, 3.63) is 58.9 Å². The van der Waals surface area contributed by atoms with Crippen LogP contribution in [-0.2, 0) is 19.6 Å². The fourth-order valence-electron chi connectivity index (χ4n) is 2.68. The van der Waals surface area contributed by atoms with E-state index in [0.717, 1.165) is 24.0 Å². The van der Waals surface area contributed by atoms with E-state index in [1.165, 1.54) is 5.56 Å². The van der Waals surface area contributed by atoms with Crippen molar-refractivity contribution in [2.24, 2.45) is 0 Å². The van der Waals surface area contributed by atoms with Gasteiger partial charge in [-0.2, -0.15) is 0 Å². The van der Waals surface area contributed by atoms with Crippen molar-refractivity contribution in [2.45, 2.75) is 26.5 Å². The number of aliphatic hydroxyl groups excluding tert-OH is 1. The molecule has 3 aromatic rings. The van der Waals surface area contributed by atoms with Crippen molar-refractivity contribution in [1.29, 1.82) is 0 Å². The number of aromatic nitrogens is 2. The SMILES string of the molecule is CCn1c(CO)nc2cc(Cl)c(OCCc3ccccc3)cc21. The number of halogens is 1. The highest BCUT2D eigenvalue weighted by Crippen LogP contribution is 2.30. The van der Waals surface area contributed by atoms with E-state index in [9.17, 15) is 5.11 Å². The van der Waals surface area contributed by atoms with Crippen molar-refractivity contribution >= 4 is 22.6 Å². The fraction of sp³-hybridized carbons (Fsp3) is 0.278. The van der Waals surface area contributed by atoms with E-state index in [1.807, 2.05) is 35.8 Å². The van der Waals surface area contributed by atoms with Crippen LogP contribution >= 0.6 is 11.6 Å². The van der Waals surface area contributed by atoms with Crippen molar-refractivity contribution in [2.75, 3.05) is 6.61 Å². The Hall–Kier alpha value is -2.04. The molecule has 1 heterocycles. The summed E-state index contributed by atoms with van der Waals surface area (Å²) < 4.78 is 7.82. The van der Waals surface area contributed by atoms with Crippen LogP contribution < -0.4 is 4.74 Å². The van der Waals surface area contributed by atoms with E-state index in [1.54, 1.807) is 6.07 Å². The van der Waals surface area contributed by atoms with E-state index < -0.39 is 0 Å². The van der Waals surface area contributed by atoms with E-state index in [2.05, 4.69) is 17.1 Å². The van der Waals surface area contributed by atoms with Gasteiger partial charge in [0, 0.05) is 19.0 Å². The monoisotopic (exact) mass is 330 g/mol. The highest BCUT2D eigenvalue weighted by atomic mass is 35.5. The van der Waals surface area contributed by atoms with E-state index >= 15 is 0 Å². The lowest BCUT2D eigenvalue weighted by Crippen LogP contribution is -2.03. The molecule has 1 N–H and O–H groups in total. The van der Waals surface area contributed by atoms with Gasteiger partial charge in [-0.05, 0) is 18.6 Å². The zero-order valence-electron chi connectivity index (χ0n) is 13.0. The highest BCUT2D eigenvalue weighted by Gasteiger charge is 2.13. The summed E-state index contributed by atoms with van der Waals surface area (Å²) in [7, 11) is 0. The van der Waals surface area contributed by atoms with Gasteiger partial charge in [-0.15, -0.1) is 0 Å². The summed E-state index contributed by atoms with van der Waals surface area (Å²) in [4.78, 5) is 4.40. The molecule has 23 heavy (non-hydrogen) atoms. The fourth-order valence-corrected chi connectivity index (χ4v) is 2.90. The second kappa shape index (κ2) is 7.02. The first-order chi connectivity index (χ1) is 11.2. The summed E-state index contributed by atoms with van der Waals surface area (Å²) in [5.41, 5.74) is 2.93. The van der Waals surface area contributed by atoms with Crippen LogP contribution in [0.2, 0.25) is 5.02 Å². The van der Waals surface area contributed by atoms with Gasteiger partial charge in [-0.25, -0.2) is 4.98 Å². The van der Waals surface area contributed by atoms with Gasteiger partial charge in [0.05, 0.1) is 22.7 Å². The molecule has 0 radical (unpaired) electrons. The average molecular weight is 331 g/mol. The molecule has 0 saturated heterocycles. The highest BCUT2D eigenvalue weighted by molar-refractivity contribution is 6.32. The lowest BCUT2D eigenvalue weighted by atomic mass is 10.2. The third kappa shape index (κ3) is 3.33. The number of fused-ring (bicyclic) bond motifs is 1. The van der Waals surface area contributed by atoms with Crippen LogP contribution in [0.3, 0.4) is 0 Å². The molecular weight excluding hydrogens is 312 g/mol. The Kier molecular flexibility index (Phi) is 4.84. The second-order valence-corrected chi connectivity index (χ2v) is 5.69. The first kappa shape index (κ1) is 15.8. The molecule has 3 rings (SSSR count). The molecule has 0 aliphatic heterocycles. The molecule has 0 amide bonds. The number of rotatable bonds is 6. The summed E-state index contributed by atoms with van der Waals surface area (Å²) >= 11 is 6.30. The maximum absolute atomic E-state index is 9.41. The third-order valence-corrected chi connectivity index (χ3v) is 4.13. The predicted molar refractivity (Wildman–Crippen MR) is 92.0 cm³/mol. The molecule has 0 bridgehead atoms. The molecule has 5 heteroatoms. The topological polar surface area (TPSA) is 47.3 Å². The smallest absolute Gasteiger partial charge is 0.140 e. The molecule has 0 atom stereocenters. The number of hydrogen-bond acceptors (Lipinski definition) is 3. The van der Waals surface area contributed by atoms with Crippen LogP contribution in [0.1, 0.15) is 18.3 Å². The number of aliphatic hydroxyl groups is 1. The summed E-state index contributed by atoms with van der Waals surface area (Å²) in [6.07, 6.45) is 0.824. The third-order valence-electron chi connectivity index (χ3n) is 3.83. The van der Waals surface area contributed by atoms with Crippen LogP contribution in [0.25, 0.3) is 11.0 Å². The van der Waals surface area contributed by atoms with E-state index in [-0.39, 0.29) is 6.61 Å². The Labute approximate surface area is 140 Å². The Balaban J connectivity index is 1.81. The normalized spacial score (nSPS) is 11.1. The van der Waals surface area contributed by atoms with Gasteiger partial charge < -0.3 is 14.4 Å². The van der Waals surface area contributed by atoms with Crippen LogP contribution in [0, 0.1) is 0 Å². The van der Waals surface area contributed by atoms with E-state index in [4.69, 9.17) is 16.3 Å². The molecule has 0 aliphatic carbocycles. The second-order valence-electron chi connectivity index (χ2n) is 5.29. The van der Waals surface area contributed by atoms with Crippen molar-refractivity contribution in [3.63, 3.8) is 0 Å². The van der Waals surface area contributed by atoms with Gasteiger partial charge in [-0.3, -0.25) is 0 Å². The summed E-state index contributed by atoms with van der Waals surface area (Å²) in [6, 6.07) is 13.9. The summed E-state index contributed by atoms with van der Waals surface area (Å²) in [5.74, 6) is 1.29. The molecule has 0 aliphatic rings. The number of hydrogen-bond donors (Lipinski definition) is 1. The van der Waals surface area contributed by atoms with Gasteiger partial charge in [0.15, 0.2) is 0 Å². The van der Waals surface area contributed by atoms with Crippen molar-refractivity contribution < 1.29 is 9.84 Å². The largest absolute Gasteiger partial charge is 0.492 e. The molecule has 0 spiro atoms. The number of ether oxygens (including phenoxy) is 1. The molecule has 120 valence electrons. The Morgan fingerprint density at radius 2 is 2.00 bits per heavy atom. The van der Waals surface area contributed by atoms with Crippen LogP contribution in [0.5, 0.6) is 5.75 Å². The number of benzene rings is 2. The van der Waals surface area contributed by atoms with Crippen LogP contribution in [0.15, 0.2) is 42.5 Å². The van der Waals surface area contributed by atoms with Crippen molar-refractivity contribution in [3.8, 4) is 5.75 Å². The molecule has 0 unspecified atom stereocenters. The van der Waals surface area contributed by atoms with Gasteiger partial charge in [0.2, 0.25) is 0 Å². The van der Waals surface area contributed by atoms with Crippen molar-refractivity contribution in [1.82, 2.24) is 9.55 Å². The predicted octanol–water partition coefficient (Wildman–Crippen LogP) is 3.82. The Morgan fingerprint density at radius 3 is 2.70 bits per heavy atom. The maximum Gasteiger partial charge on any atom is 0.140 e. The summed E-state index contributed by atoms with van der Waals surface area (Å²) in [6.45, 7) is 3.22. The van der Waals surface area contributed by atoms with Gasteiger partial charge >= 0.3 is 0 Å². The minimum Gasteiger partial charge on any atom is -0.492 e. The lowest BCUT2D eigenvalue weighted by Gasteiger charge is -2.09. The van der Waals surface area contributed by atoms with Gasteiger partial charge in [-0.1, -0.05) is 41.9 Å². The molecular formula is C18H19ClN2O2. The molecule has 2 aromatic carbocycles. The van der Waals surface area contributed by atoms with Crippen LogP contribution in [-0.4, -0.2) is 21.3 Å². The zero-order valence-corrected chi connectivity index (χ0v) is 13.8. The van der Waals surface area contributed by atoms with Gasteiger partial charge in [0.1, 0.15) is 18.2 Å². The summed E-state index contributed by atoms with van der Waals surface area (Å²) in [5, 5.41) is 9.95. The Bertz CT molecular complexity index is 800. The lowest BCUT2D eigenvalue weighted by molar-refractivity contribution is 0.266. The molecule has 0 fully saturated rings. The first-order valence-corrected chi connectivity index (χ1v) is 8.07.